The maximum Gasteiger partial charge on any atom is 0.155 e. The summed E-state index contributed by atoms with van der Waals surface area (Å²) in [5, 5.41) is 5.23. The van der Waals surface area contributed by atoms with Crippen molar-refractivity contribution >= 4 is 16.6 Å². The average Bonchev–Trinajstić information content (AvgIpc) is 2.71. The molecule has 0 radical (unpaired) electrons. The van der Waals surface area contributed by atoms with E-state index in [0.717, 1.165) is 16.6 Å². The van der Waals surface area contributed by atoms with E-state index < -0.39 is 0 Å². The van der Waals surface area contributed by atoms with E-state index in [0.29, 0.717) is 0 Å². The molecule has 4 heteroatoms. The molecule has 0 aliphatic heterocycles. The Morgan fingerprint density at radius 1 is 1.33 bits per heavy atom. The molecule has 0 saturated carbocycles. The number of nitrogens with zero attached hydrogens (tertiary/aromatic N) is 3. The molecule has 4 nitrogen and oxygen atoms in total. The molecule has 0 aliphatic rings. The predicted octanol–water partition coefficient (Wildman–Crippen LogP) is 1.21. The van der Waals surface area contributed by atoms with E-state index in [1.165, 1.54) is 0 Å². The topological polar surface area (TPSA) is 46.0 Å². The van der Waals surface area contributed by atoms with Crippen molar-refractivity contribution < 1.29 is 0 Å². The molecule has 0 atom stereocenters. The number of nitrogens with one attached hydrogen (secondary N) is 1. The van der Waals surface area contributed by atoms with Gasteiger partial charge in [0.05, 0.1) is 11.7 Å². The van der Waals surface area contributed by atoms with Gasteiger partial charge >= 0.3 is 0 Å². The van der Waals surface area contributed by atoms with E-state index in [9.17, 15) is 0 Å². The van der Waals surface area contributed by atoms with Gasteiger partial charge < -0.3 is 4.98 Å². The van der Waals surface area contributed by atoms with Crippen LogP contribution in [-0.2, 0) is 0 Å². The maximum absolute atomic E-state index is 4.22. The van der Waals surface area contributed by atoms with Crippen LogP contribution >= 0.6 is 0 Å². The number of hydrogen-bond acceptors (Lipinski definition) is 2. The predicted molar refractivity (Wildman–Crippen MR) is 44.8 cm³/mol. The second kappa shape index (κ2) is 1.85. The first-order chi connectivity index (χ1) is 5.95. The first-order valence-corrected chi connectivity index (χ1v) is 3.70. The SMILES string of the molecule is c1cc2ncc3c[nH]cc3n2n1. The molecule has 58 valence electrons. The van der Waals surface area contributed by atoms with Gasteiger partial charge in [-0.3, -0.25) is 0 Å². The highest BCUT2D eigenvalue weighted by Crippen LogP contribution is 2.12. The number of hydrogen-bond donors (Lipinski definition) is 1. The molecular weight excluding hydrogens is 152 g/mol. The van der Waals surface area contributed by atoms with Crippen molar-refractivity contribution in [2.45, 2.75) is 0 Å². The standard InChI is InChI=1S/C8H6N4/c1-2-11-12-7-5-9-3-6(7)4-10-8(1)12/h1-5,9H. The lowest BCUT2D eigenvalue weighted by molar-refractivity contribution is 0.984. The summed E-state index contributed by atoms with van der Waals surface area (Å²) in [5.74, 6) is 0. The van der Waals surface area contributed by atoms with Crippen LogP contribution in [0.25, 0.3) is 16.6 Å². The van der Waals surface area contributed by atoms with Crippen molar-refractivity contribution in [2.75, 3.05) is 0 Å². The monoisotopic (exact) mass is 158 g/mol. The van der Waals surface area contributed by atoms with Gasteiger partial charge in [-0.05, 0) is 0 Å². The van der Waals surface area contributed by atoms with Crippen molar-refractivity contribution in [2.24, 2.45) is 0 Å². The van der Waals surface area contributed by atoms with Crippen LogP contribution in [0.3, 0.4) is 0 Å². The molecule has 0 spiro atoms. The molecule has 3 aromatic rings. The summed E-state index contributed by atoms with van der Waals surface area (Å²) in [4.78, 5) is 7.24. The van der Waals surface area contributed by atoms with Gasteiger partial charge in [0, 0.05) is 30.0 Å². The average molecular weight is 158 g/mol. The van der Waals surface area contributed by atoms with Crippen molar-refractivity contribution in [1.82, 2.24) is 19.6 Å². The molecule has 0 amide bonds. The van der Waals surface area contributed by atoms with Crippen molar-refractivity contribution in [1.29, 1.82) is 0 Å². The Balaban J connectivity index is 2.71. The van der Waals surface area contributed by atoms with Gasteiger partial charge in [-0.2, -0.15) is 5.10 Å². The Labute approximate surface area is 67.8 Å². The summed E-state index contributed by atoms with van der Waals surface area (Å²) in [7, 11) is 0. The van der Waals surface area contributed by atoms with E-state index in [2.05, 4.69) is 15.1 Å². The summed E-state index contributed by atoms with van der Waals surface area (Å²) in [6, 6.07) is 1.88. The molecule has 12 heavy (non-hydrogen) atoms. The Morgan fingerprint density at radius 2 is 2.33 bits per heavy atom. The summed E-state index contributed by atoms with van der Waals surface area (Å²) < 4.78 is 1.81. The van der Waals surface area contributed by atoms with Crippen molar-refractivity contribution in [3.8, 4) is 0 Å². The van der Waals surface area contributed by atoms with Crippen LogP contribution in [-0.4, -0.2) is 19.6 Å². The lowest BCUT2D eigenvalue weighted by Gasteiger charge is -1.92. The minimum atomic E-state index is 0.877. The van der Waals surface area contributed by atoms with Gasteiger partial charge in [0.25, 0.3) is 0 Å². The maximum atomic E-state index is 4.22. The number of aromatic amines is 1. The zero-order chi connectivity index (χ0) is 7.97. The van der Waals surface area contributed by atoms with Crippen LogP contribution in [0.4, 0.5) is 0 Å². The smallest absolute Gasteiger partial charge is 0.155 e. The summed E-state index contributed by atoms with van der Waals surface area (Å²) in [6.07, 6.45) is 7.40. The third-order valence-electron chi connectivity index (χ3n) is 1.94. The Morgan fingerprint density at radius 3 is 3.33 bits per heavy atom. The van der Waals surface area contributed by atoms with Crippen LogP contribution in [0.2, 0.25) is 0 Å². The third kappa shape index (κ3) is 0.567. The number of aromatic nitrogens is 4. The normalized spacial score (nSPS) is 11.3. The van der Waals surface area contributed by atoms with E-state index in [-0.39, 0.29) is 0 Å². The molecule has 3 aromatic heterocycles. The number of H-pyrrole nitrogens is 1. The summed E-state index contributed by atoms with van der Waals surface area (Å²) in [5.41, 5.74) is 1.94. The van der Waals surface area contributed by atoms with Gasteiger partial charge in [0.2, 0.25) is 0 Å². The Kier molecular flexibility index (Phi) is 0.889. The highest BCUT2D eigenvalue weighted by Gasteiger charge is 2.00. The fourth-order valence-electron chi connectivity index (χ4n) is 1.37. The molecule has 0 fully saturated rings. The number of rotatable bonds is 0. The molecule has 0 aromatic carbocycles. The van der Waals surface area contributed by atoms with Gasteiger partial charge in [0.15, 0.2) is 5.65 Å². The highest BCUT2D eigenvalue weighted by molar-refractivity contribution is 5.79. The van der Waals surface area contributed by atoms with E-state index in [1.807, 2.05) is 29.2 Å². The Hall–Kier alpha value is -1.84. The first-order valence-electron chi connectivity index (χ1n) is 3.70. The fraction of sp³-hybridized carbons (Fsp3) is 0. The minimum Gasteiger partial charge on any atom is -0.365 e. The molecular formula is C8H6N4. The van der Waals surface area contributed by atoms with Crippen molar-refractivity contribution in [3.05, 3.63) is 30.9 Å². The van der Waals surface area contributed by atoms with E-state index in [4.69, 9.17) is 0 Å². The highest BCUT2D eigenvalue weighted by atomic mass is 15.2. The fourth-order valence-corrected chi connectivity index (χ4v) is 1.37. The third-order valence-corrected chi connectivity index (χ3v) is 1.94. The zero-order valence-electron chi connectivity index (χ0n) is 6.23. The molecule has 0 unspecified atom stereocenters. The van der Waals surface area contributed by atoms with Gasteiger partial charge in [-0.25, -0.2) is 9.50 Å². The second-order valence-corrected chi connectivity index (χ2v) is 2.66. The van der Waals surface area contributed by atoms with E-state index in [1.54, 1.807) is 6.20 Å². The molecule has 3 rings (SSSR count). The molecule has 0 aliphatic carbocycles. The minimum absolute atomic E-state index is 0.877. The van der Waals surface area contributed by atoms with Crippen LogP contribution in [0, 0.1) is 0 Å². The van der Waals surface area contributed by atoms with Crippen LogP contribution in [0.15, 0.2) is 30.9 Å². The quantitative estimate of drug-likeness (QED) is 0.534. The summed E-state index contributed by atoms with van der Waals surface area (Å²) in [6.45, 7) is 0. The molecule has 1 N–H and O–H groups in total. The first kappa shape index (κ1) is 5.77. The lowest BCUT2D eigenvalue weighted by atomic mass is 10.4. The molecule has 0 bridgehead atoms. The zero-order valence-corrected chi connectivity index (χ0v) is 6.23. The van der Waals surface area contributed by atoms with E-state index >= 15 is 0 Å². The van der Waals surface area contributed by atoms with Crippen LogP contribution in [0.1, 0.15) is 0 Å². The lowest BCUT2D eigenvalue weighted by Crippen LogP contribution is -1.88. The van der Waals surface area contributed by atoms with Crippen LogP contribution in [0.5, 0.6) is 0 Å². The summed E-state index contributed by atoms with van der Waals surface area (Å²) >= 11 is 0. The van der Waals surface area contributed by atoms with Gasteiger partial charge in [-0.15, -0.1) is 0 Å². The van der Waals surface area contributed by atoms with Gasteiger partial charge in [-0.1, -0.05) is 0 Å². The molecule has 0 saturated heterocycles. The molecule has 3 heterocycles. The largest absolute Gasteiger partial charge is 0.365 e. The van der Waals surface area contributed by atoms with Gasteiger partial charge in [0.1, 0.15) is 0 Å². The number of fused-ring (bicyclic) bond motifs is 3. The van der Waals surface area contributed by atoms with Crippen LogP contribution < -0.4 is 0 Å². The Bertz CT molecular complexity index is 484. The second-order valence-electron chi connectivity index (χ2n) is 2.66. The van der Waals surface area contributed by atoms with Crippen molar-refractivity contribution in [3.63, 3.8) is 0 Å².